The maximum absolute atomic E-state index is 12.7. The van der Waals surface area contributed by atoms with Gasteiger partial charge in [-0.05, 0) is 26.8 Å². The highest BCUT2D eigenvalue weighted by Crippen LogP contribution is 2.36. The number of carbonyl (C=O) groups is 1. The summed E-state index contributed by atoms with van der Waals surface area (Å²) in [7, 11) is 0. The van der Waals surface area contributed by atoms with Crippen LogP contribution >= 0.6 is 0 Å². The fourth-order valence-corrected chi connectivity index (χ4v) is 2.44. The van der Waals surface area contributed by atoms with E-state index in [1.165, 1.54) is 6.26 Å². The molecule has 0 spiro atoms. The number of aromatic nitrogens is 1. The number of para-hydroxylation sites is 1. The van der Waals surface area contributed by atoms with E-state index in [9.17, 15) is 4.79 Å². The van der Waals surface area contributed by atoms with Crippen molar-refractivity contribution in [1.29, 1.82) is 0 Å². The van der Waals surface area contributed by atoms with Gasteiger partial charge >= 0.3 is 0 Å². The smallest absolute Gasteiger partial charge is 0.259 e. The van der Waals surface area contributed by atoms with Gasteiger partial charge in [0, 0.05) is 11.6 Å². The summed E-state index contributed by atoms with van der Waals surface area (Å²) in [6, 6.07) is 5.73. The Kier molecular flexibility index (Phi) is 3.75. The van der Waals surface area contributed by atoms with Crippen LogP contribution in [0.5, 0.6) is 11.5 Å². The van der Waals surface area contributed by atoms with Gasteiger partial charge in [-0.25, -0.2) is 0 Å². The Morgan fingerprint density at radius 2 is 2.18 bits per heavy atom. The highest BCUT2D eigenvalue weighted by Gasteiger charge is 2.25. The number of aryl methyl sites for hydroxylation is 1. The molecule has 0 saturated heterocycles. The van der Waals surface area contributed by atoms with Crippen LogP contribution in [0.25, 0.3) is 0 Å². The molecule has 1 aromatic carbocycles. The number of amides is 1. The van der Waals surface area contributed by atoms with Crippen molar-refractivity contribution in [2.45, 2.75) is 33.4 Å². The van der Waals surface area contributed by atoms with Gasteiger partial charge in [0.2, 0.25) is 6.79 Å². The summed E-state index contributed by atoms with van der Waals surface area (Å²) < 4.78 is 15.8. The number of nitrogens with zero attached hydrogens (tertiary/aromatic N) is 2. The van der Waals surface area contributed by atoms with E-state index in [4.69, 9.17) is 14.0 Å². The minimum absolute atomic E-state index is 0.0278. The largest absolute Gasteiger partial charge is 0.454 e. The van der Waals surface area contributed by atoms with E-state index in [2.05, 4.69) is 5.16 Å². The first-order chi connectivity index (χ1) is 10.6. The van der Waals surface area contributed by atoms with Crippen molar-refractivity contribution in [3.8, 4) is 11.5 Å². The average molecular weight is 302 g/mol. The Morgan fingerprint density at radius 3 is 2.86 bits per heavy atom. The predicted molar refractivity (Wildman–Crippen MR) is 78.8 cm³/mol. The summed E-state index contributed by atoms with van der Waals surface area (Å²) in [6.07, 6.45) is 1.39. The Balaban J connectivity index is 1.89. The molecule has 1 aliphatic heterocycles. The molecule has 0 fully saturated rings. The average Bonchev–Trinajstić information content (AvgIpc) is 3.12. The number of ether oxygens (including phenoxy) is 2. The molecule has 0 atom stereocenters. The minimum atomic E-state index is -0.106. The minimum Gasteiger partial charge on any atom is -0.454 e. The molecule has 1 amide bonds. The van der Waals surface area contributed by atoms with Crippen LogP contribution < -0.4 is 9.47 Å². The molecular weight excluding hydrogens is 284 g/mol. The fourth-order valence-electron chi connectivity index (χ4n) is 2.44. The molecule has 0 bridgehead atoms. The van der Waals surface area contributed by atoms with Crippen molar-refractivity contribution in [2.24, 2.45) is 0 Å². The molecule has 0 aliphatic carbocycles. The van der Waals surface area contributed by atoms with Crippen LogP contribution in [-0.2, 0) is 6.54 Å². The van der Waals surface area contributed by atoms with E-state index in [1.807, 2.05) is 32.0 Å². The SMILES string of the molecule is Cc1nocc1C(=O)N(Cc1cccc2c1OCO2)C(C)C. The summed E-state index contributed by atoms with van der Waals surface area (Å²) in [5.41, 5.74) is 2.00. The van der Waals surface area contributed by atoms with Crippen LogP contribution in [0.2, 0.25) is 0 Å². The molecule has 22 heavy (non-hydrogen) atoms. The lowest BCUT2D eigenvalue weighted by molar-refractivity contribution is 0.0687. The van der Waals surface area contributed by atoms with Crippen molar-refractivity contribution >= 4 is 5.91 Å². The predicted octanol–water partition coefficient (Wildman–Crippen LogP) is 2.76. The Bertz CT molecular complexity index is 693. The molecule has 1 aliphatic rings. The third kappa shape index (κ3) is 2.52. The third-order valence-corrected chi connectivity index (χ3v) is 3.68. The first kappa shape index (κ1) is 14.4. The normalized spacial score (nSPS) is 12.7. The van der Waals surface area contributed by atoms with Gasteiger partial charge in [0.25, 0.3) is 5.91 Å². The van der Waals surface area contributed by atoms with Crippen LogP contribution in [0.1, 0.15) is 35.5 Å². The summed E-state index contributed by atoms with van der Waals surface area (Å²) in [6.45, 7) is 6.36. The number of rotatable bonds is 4. The zero-order valence-corrected chi connectivity index (χ0v) is 12.8. The van der Waals surface area contributed by atoms with Gasteiger partial charge in [0.15, 0.2) is 11.5 Å². The van der Waals surface area contributed by atoms with Gasteiger partial charge in [-0.3, -0.25) is 4.79 Å². The topological polar surface area (TPSA) is 64.8 Å². The van der Waals surface area contributed by atoms with E-state index < -0.39 is 0 Å². The van der Waals surface area contributed by atoms with Gasteiger partial charge < -0.3 is 18.9 Å². The van der Waals surface area contributed by atoms with Crippen molar-refractivity contribution in [3.63, 3.8) is 0 Å². The lowest BCUT2D eigenvalue weighted by Gasteiger charge is -2.27. The van der Waals surface area contributed by atoms with Crippen LogP contribution in [0.3, 0.4) is 0 Å². The van der Waals surface area contributed by atoms with E-state index in [0.29, 0.717) is 23.6 Å². The monoisotopic (exact) mass is 302 g/mol. The summed E-state index contributed by atoms with van der Waals surface area (Å²) >= 11 is 0. The third-order valence-electron chi connectivity index (χ3n) is 3.68. The Morgan fingerprint density at radius 1 is 1.36 bits per heavy atom. The van der Waals surface area contributed by atoms with E-state index in [0.717, 1.165) is 11.3 Å². The molecule has 2 aromatic rings. The van der Waals surface area contributed by atoms with E-state index in [1.54, 1.807) is 11.8 Å². The standard InChI is InChI=1S/C16H18N2O4/c1-10(2)18(16(19)13-8-22-17-11(13)3)7-12-5-4-6-14-15(12)21-9-20-14/h4-6,8,10H,7,9H2,1-3H3. The fraction of sp³-hybridized carbons (Fsp3) is 0.375. The van der Waals surface area contributed by atoms with Crippen molar-refractivity contribution in [3.05, 3.63) is 41.3 Å². The van der Waals surface area contributed by atoms with E-state index >= 15 is 0 Å². The summed E-state index contributed by atoms with van der Waals surface area (Å²) in [5, 5.41) is 3.78. The summed E-state index contributed by atoms with van der Waals surface area (Å²) in [4.78, 5) is 14.5. The molecule has 3 rings (SSSR count). The second-order valence-corrected chi connectivity index (χ2v) is 5.49. The first-order valence-electron chi connectivity index (χ1n) is 7.17. The first-order valence-corrected chi connectivity index (χ1v) is 7.17. The van der Waals surface area contributed by atoms with Crippen molar-refractivity contribution in [2.75, 3.05) is 6.79 Å². The number of fused-ring (bicyclic) bond motifs is 1. The zero-order valence-electron chi connectivity index (χ0n) is 12.8. The highest BCUT2D eigenvalue weighted by molar-refractivity contribution is 5.95. The molecule has 0 saturated carbocycles. The molecule has 0 unspecified atom stereocenters. The molecule has 1 aromatic heterocycles. The van der Waals surface area contributed by atoms with Crippen molar-refractivity contribution < 1.29 is 18.8 Å². The quantitative estimate of drug-likeness (QED) is 0.869. The summed E-state index contributed by atoms with van der Waals surface area (Å²) in [5.74, 6) is 1.32. The van der Waals surface area contributed by atoms with Crippen molar-refractivity contribution in [1.82, 2.24) is 10.1 Å². The van der Waals surface area contributed by atoms with E-state index in [-0.39, 0.29) is 18.7 Å². The lowest BCUT2D eigenvalue weighted by atomic mass is 10.1. The second-order valence-electron chi connectivity index (χ2n) is 5.49. The lowest BCUT2D eigenvalue weighted by Crippen LogP contribution is -2.36. The van der Waals surface area contributed by atoms with Crippen LogP contribution in [0.4, 0.5) is 0 Å². The maximum atomic E-state index is 12.7. The van der Waals surface area contributed by atoms with Gasteiger partial charge in [0.1, 0.15) is 11.8 Å². The molecular formula is C16H18N2O4. The molecule has 116 valence electrons. The van der Waals surface area contributed by atoms with Crippen LogP contribution in [-0.4, -0.2) is 28.8 Å². The van der Waals surface area contributed by atoms with Gasteiger partial charge in [-0.15, -0.1) is 0 Å². The number of benzene rings is 1. The number of hydrogen-bond acceptors (Lipinski definition) is 5. The van der Waals surface area contributed by atoms with Gasteiger partial charge in [-0.2, -0.15) is 0 Å². The zero-order chi connectivity index (χ0) is 15.7. The van der Waals surface area contributed by atoms with Crippen LogP contribution in [0.15, 0.2) is 29.0 Å². The Labute approximate surface area is 128 Å². The molecule has 0 N–H and O–H groups in total. The number of hydrogen-bond donors (Lipinski definition) is 0. The molecule has 0 radical (unpaired) electrons. The Hall–Kier alpha value is -2.50. The maximum Gasteiger partial charge on any atom is 0.259 e. The molecule has 6 nitrogen and oxygen atoms in total. The highest BCUT2D eigenvalue weighted by atomic mass is 16.7. The molecule has 6 heteroatoms. The molecule has 2 heterocycles. The van der Waals surface area contributed by atoms with Gasteiger partial charge in [-0.1, -0.05) is 17.3 Å². The van der Waals surface area contributed by atoms with Crippen LogP contribution in [0, 0.1) is 6.92 Å². The number of carbonyl (C=O) groups excluding carboxylic acids is 1. The second kappa shape index (κ2) is 5.71. The van der Waals surface area contributed by atoms with Gasteiger partial charge in [0.05, 0.1) is 12.2 Å².